The van der Waals surface area contributed by atoms with Crippen LogP contribution in [0, 0.1) is 11.6 Å². The normalized spacial score (nSPS) is 15.5. The number of nitrogens with two attached hydrogens (primary N) is 1. The zero-order chi connectivity index (χ0) is 17.6. The zero-order valence-electron chi connectivity index (χ0n) is 14.0. The van der Waals surface area contributed by atoms with Crippen LogP contribution in [0.1, 0.15) is 5.56 Å². The second kappa shape index (κ2) is 7.96. The number of anilines is 1. The van der Waals surface area contributed by atoms with Crippen LogP contribution in [0.3, 0.4) is 0 Å². The molecule has 1 aliphatic heterocycles. The second-order valence-corrected chi connectivity index (χ2v) is 6.07. The van der Waals surface area contributed by atoms with Crippen molar-refractivity contribution in [3.05, 3.63) is 65.7 Å². The molecule has 0 atom stereocenters. The lowest BCUT2D eigenvalue weighted by molar-refractivity contribution is 0.381. The van der Waals surface area contributed by atoms with E-state index in [-0.39, 0.29) is 11.6 Å². The minimum absolute atomic E-state index is 0.225. The summed E-state index contributed by atoms with van der Waals surface area (Å²) in [5, 5.41) is 0. The van der Waals surface area contributed by atoms with Crippen molar-refractivity contribution in [3.8, 4) is 0 Å². The first-order chi connectivity index (χ1) is 12.1. The molecule has 0 aromatic heterocycles. The number of aliphatic imine (C=N–C) groups is 1. The number of guanidine groups is 1. The quantitative estimate of drug-likeness (QED) is 0.685. The highest BCUT2D eigenvalue weighted by molar-refractivity contribution is 5.78. The second-order valence-electron chi connectivity index (χ2n) is 6.07. The number of piperazine rings is 1. The van der Waals surface area contributed by atoms with Crippen LogP contribution in [0.15, 0.2) is 53.5 Å². The minimum Gasteiger partial charge on any atom is -0.370 e. The van der Waals surface area contributed by atoms with Gasteiger partial charge in [0.05, 0.1) is 0 Å². The summed E-state index contributed by atoms with van der Waals surface area (Å²) < 4.78 is 26.2. The Balaban J connectivity index is 1.49. The Morgan fingerprint density at radius 1 is 0.960 bits per heavy atom. The van der Waals surface area contributed by atoms with E-state index in [2.05, 4.69) is 9.89 Å². The van der Waals surface area contributed by atoms with Gasteiger partial charge in [-0.3, -0.25) is 4.99 Å². The first-order valence-electron chi connectivity index (χ1n) is 8.41. The van der Waals surface area contributed by atoms with E-state index < -0.39 is 0 Å². The van der Waals surface area contributed by atoms with E-state index in [1.807, 2.05) is 11.0 Å². The number of rotatable bonds is 4. The van der Waals surface area contributed by atoms with Crippen LogP contribution in [-0.4, -0.2) is 43.6 Å². The maximum absolute atomic E-state index is 13.1. The van der Waals surface area contributed by atoms with Gasteiger partial charge in [-0.15, -0.1) is 0 Å². The molecule has 2 N–H and O–H groups in total. The molecule has 0 bridgehead atoms. The summed E-state index contributed by atoms with van der Waals surface area (Å²) >= 11 is 0. The Hall–Kier alpha value is -2.63. The van der Waals surface area contributed by atoms with Crippen molar-refractivity contribution in [1.82, 2.24) is 4.90 Å². The van der Waals surface area contributed by atoms with Crippen molar-refractivity contribution >= 4 is 11.6 Å². The molecule has 0 radical (unpaired) electrons. The Labute approximate surface area is 146 Å². The number of nitrogens with zero attached hydrogens (tertiary/aromatic N) is 3. The van der Waals surface area contributed by atoms with Crippen molar-refractivity contribution in [2.45, 2.75) is 6.42 Å². The SMILES string of the molecule is NC(=NCCc1cccc(F)c1)N1CCN(c2ccc(F)cc2)CC1. The number of benzene rings is 2. The zero-order valence-corrected chi connectivity index (χ0v) is 14.0. The molecule has 0 amide bonds. The molecule has 0 saturated carbocycles. The van der Waals surface area contributed by atoms with Gasteiger partial charge in [-0.25, -0.2) is 8.78 Å². The van der Waals surface area contributed by atoms with Crippen molar-refractivity contribution in [1.29, 1.82) is 0 Å². The molecular formula is C19H22F2N4. The highest BCUT2D eigenvalue weighted by atomic mass is 19.1. The van der Waals surface area contributed by atoms with Crippen LogP contribution >= 0.6 is 0 Å². The number of halogens is 2. The highest BCUT2D eigenvalue weighted by Crippen LogP contribution is 2.16. The van der Waals surface area contributed by atoms with Crippen molar-refractivity contribution < 1.29 is 8.78 Å². The molecule has 1 fully saturated rings. The number of hydrogen-bond acceptors (Lipinski definition) is 2. The summed E-state index contributed by atoms with van der Waals surface area (Å²) in [4.78, 5) is 8.66. The van der Waals surface area contributed by atoms with Gasteiger partial charge in [0.1, 0.15) is 11.6 Å². The van der Waals surface area contributed by atoms with Crippen LogP contribution in [0.5, 0.6) is 0 Å². The van der Waals surface area contributed by atoms with Crippen molar-refractivity contribution in [3.63, 3.8) is 0 Å². The van der Waals surface area contributed by atoms with E-state index in [0.717, 1.165) is 37.4 Å². The molecule has 4 nitrogen and oxygen atoms in total. The van der Waals surface area contributed by atoms with Gasteiger partial charge >= 0.3 is 0 Å². The Morgan fingerprint density at radius 2 is 1.68 bits per heavy atom. The van der Waals surface area contributed by atoms with Gasteiger partial charge in [0.2, 0.25) is 0 Å². The smallest absolute Gasteiger partial charge is 0.191 e. The summed E-state index contributed by atoms with van der Waals surface area (Å²) in [7, 11) is 0. The molecule has 3 rings (SSSR count). The highest BCUT2D eigenvalue weighted by Gasteiger charge is 2.18. The molecule has 2 aromatic rings. The third-order valence-electron chi connectivity index (χ3n) is 4.36. The first kappa shape index (κ1) is 17.2. The molecule has 2 aromatic carbocycles. The van der Waals surface area contributed by atoms with Crippen LogP contribution in [-0.2, 0) is 6.42 Å². The van der Waals surface area contributed by atoms with E-state index in [9.17, 15) is 8.78 Å². The third kappa shape index (κ3) is 4.68. The van der Waals surface area contributed by atoms with E-state index in [1.165, 1.54) is 24.3 Å². The van der Waals surface area contributed by atoms with Crippen LogP contribution in [0.2, 0.25) is 0 Å². The maximum Gasteiger partial charge on any atom is 0.191 e. The van der Waals surface area contributed by atoms with Gasteiger partial charge in [0, 0.05) is 38.4 Å². The lowest BCUT2D eigenvalue weighted by Gasteiger charge is -2.36. The summed E-state index contributed by atoms with van der Waals surface area (Å²) in [6.07, 6.45) is 0.661. The van der Waals surface area contributed by atoms with Gasteiger partial charge in [0.25, 0.3) is 0 Å². The first-order valence-corrected chi connectivity index (χ1v) is 8.41. The molecule has 1 heterocycles. The van der Waals surface area contributed by atoms with E-state index in [4.69, 9.17) is 5.73 Å². The van der Waals surface area contributed by atoms with Gasteiger partial charge < -0.3 is 15.5 Å². The minimum atomic E-state index is -0.230. The predicted molar refractivity (Wildman–Crippen MR) is 96.8 cm³/mol. The standard InChI is InChI=1S/C19H22F2N4/c20-16-4-6-18(7-5-16)24-10-12-25(13-11-24)19(22)23-9-8-15-2-1-3-17(21)14-15/h1-7,14H,8-13H2,(H2,22,23). The molecule has 1 saturated heterocycles. The lowest BCUT2D eigenvalue weighted by atomic mass is 10.1. The molecule has 0 spiro atoms. The fourth-order valence-electron chi connectivity index (χ4n) is 2.94. The maximum atomic E-state index is 13.1. The molecule has 6 heteroatoms. The summed E-state index contributed by atoms with van der Waals surface area (Å²) in [6.45, 7) is 3.70. The molecule has 1 aliphatic rings. The molecule has 25 heavy (non-hydrogen) atoms. The fraction of sp³-hybridized carbons (Fsp3) is 0.316. The average Bonchev–Trinajstić information content (AvgIpc) is 2.62. The van der Waals surface area contributed by atoms with E-state index in [0.29, 0.717) is 18.9 Å². The van der Waals surface area contributed by atoms with Gasteiger partial charge in [-0.1, -0.05) is 12.1 Å². The predicted octanol–water partition coefficient (Wildman–Crippen LogP) is 2.64. The Morgan fingerprint density at radius 3 is 2.36 bits per heavy atom. The number of hydrogen-bond donors (Lipinski definition) is 1. The van der Waals surface area contributed by atoms with Gasteiger partial charge in [-0.2, -0.15) is 0 Å². The van der Waals surface area contributed by atoms with Crippen LogP contribution in [0.25, 0.3) is 0 Å². The van der Waals surface area contributed by atoms with Gasteiger partial charge in [0.15, 0.2) is 5.96 Å². The van der Waals surface area contributed by atoms with E-state index >= 15 is 0 Å². The fourth-order valence-corrected chi connectivity index (χ4v) is 2.94. The summed E-state index contributed by atoms with van der Waals surface area (Å²) in [6, 6.07) is 13.1. The average molecular weight is 344 g/mol. The monoisotopic (exact) mass is 344 g/mol. The van der Waals surface area contributed by atoms with Gasteiger partial charge in [-0.05, 0) is 48.4 Å². The third-order valence-corrected chi connectivity index (χ3v) is 4.36. The molecule has 0 aliphatic carbocycles. The topological polar surface area (TPSA) is 44.9 Å². The molecule has 0 unspecified atom stereocenters. The largest absolute Gasteiger partial charge is 0.370 e. The van der Waals surface area contributed by atoms with Crippen LogP contribution < -0.4 is 10.6 Å². The van der Waals surface area contributed by atoms with Crippen molar-refractivity contribution in [2.75, 3.05) is 37.6 Å². The molecular weight excluding hydrogens is 322 g/mol. The van der Waals surface area contributed by atoms with Crippen LogP contribution in [0.4, 0.5) is 14.5 Å². The summed E-state index contributed by atoms with van der Waals surface area (Å²) in [5.74, 6) is 0.0681. The molecule has 132 valence electrons. The Bertz CT molecular complexity index is 722. The van der Waals surface area contributed by atoms with E-state index in [1.54, 1.807) is 18.2 Å². The van der Waals surface area contributed by atoms with Crippen molar-refractivity contribution in [2.24, 2.45) is 10.7 Å². The lowest BCUT2D eigenvalue weighted by Crippen LogP contribution is -2.51. The summed E-state index contributed by atoms with van der Waals surface area (Å²) in [5.41, 5.74) is 8.01. The Kier molecular flexibility index (Phi) is 5.48.